The summed E-state index contributed by atoms with van der Waals surface area (Å²) in [6, 6.07) is 21.0. The molecule has 3 aromatic rings. The van der Waals surface area contributed by atoms with Crippen molar-refractivity contribution in [1.82, 2.24) is 4.90 Å². The molecule has 1 aliphatic heterocycles. The summed E-state index contributed by atoms with van der Waals surface area (Å²) in [5.41, 5.74) is 7.08. The Kier molecular flexibility index (Phi) is 6.26. The van der Waals surface area contributed by atoms with Crippen LogP contribution >= 0.6 is 0 Å². The second-order valence-corrected chi connectivity index (χ2v) is 8.45. The normalized spacial score (nSPS) is 13.9. The van der Waals surface area contributed by atoms with Crippen LogP contribution in [0.25, 0.3) is 0 Å². The predicted molar refractivity (Wildman–Crippen MR) is 129 cm³/mol. The molecule has 3 amide bonds. The van der Waals surface area contributed by atoms with Crippen molar-refractivity contribution in [1.29, 1.82) is 0 Å². The van der Waals surface area contributed by atoms with E-state index in [-0.39, 0.29) is 11.9 Å². The summed E-state index contributed by atoms with van der Waals surface area (Å²) in [5.74, 6) is -0.151. The van der Waals surface area contributed by atoms with Crippen molar-refractivity contribution in [3.05, 3.63) is 94.5 Å². The van der Waals surface area contributed by atoms with E-state index in [1.807, 2.05) is 52.3 Å². The topological polar surface area (TPSA) is 52.6 Å². The number of carbonyl (C=O) groups excluding carboxylic acids is 2. The van der Waals surface area contributed by atoms with E-state index in [0.29, 0.717) is 24.3 Å². The van der Waals surface area contributed by atoms with Gasteiger partial charge in [-0.2, -0.15) is 0 Å². The van der Waals surface area contributed by atoms with E-state index in [2.05, 4.69) is 38.2 Å². The lowest BCUT2D eigenvalue weighted by Gasteiger charge is -2.36. The minimum absolute atomic E-state index is 0.0247. The number of carbonyl (C=O) groups is 2. The SMILES string of the molecule is Cc1cc(C)c(CN2CCCN(c3ccc(NC(=O)c4ccccc4)cc3)C2=O)c(C)c1. The highest BCUT2D eigenvalue weighted by atomic mass is 16.2. The molecule has 1 N–H and O–H groups in total. The van der Waals surface area contributed by atoms with E-state index in [9.17, 15) is 9.59 Å². The van der Waals surface area contributed by atoms with Gasteiger partial charge in [-0.3, -0.25) is 9.69 Å². The average molecular weight is 428 g/mol. The fourth-order valence-corrected chi connectivity index (χ4v) is 4.34. The van der Waals surface area contributed by atoms with E-state index in [1.165, 1.54) is 22.3 Å². The van der Waals surface area contributed by atoms with E-state index < -0.39 is 0 Å². The molecular weight excluding hydrogens is 398 g/mol. The zero-order valence-corrected chi connectivity index (χ0v) is 18.9. The number of rotatable bonds is 5. The standard InChI is InChI=1S/C27H29N3O2/c1-19-16-20(2)25(21(3)17-19)18-29-14-7-15-30(27(29)32)24-12-10-23(11-13-24)28-26(31)22-8-5-4-6-9-22/h4-6,8-13,16-17H,7,14-15,18H2,1-3H3,(H,28,31). The molecule has 164 valence electrons. The van der Waals surface area contributed by atoms with E-state index in [4.69, 9.17) is 0 Å². The first-order valence-electron chi connectivity index (χ1n) is 11.0. The molecule has 0 spiro atoms. The maximum atomic E-state index is 13.2. The fourth-order valence-electron chi connectivity index (χ4n) is 4.34. The van der Waals surface area contributed by atoms with Crippen molar-refractivity contribution in [3.8, 4) is 0 Å². The zero-order valence-electron chi connectivity index (χ0n) is 18.9. The third-order valence-electron chi connectivity index (χ3n) is 5.97. The molecule has 0 saturated carbocycles. The van der Waals surface area contributed by atoms with Gasteiger partial charge in [0.25, 0.3) is 5.91 Å². The molecule has 1 heterocycles. The highest BCUT2D eigenvalue weighted by Gasteiger charge is 2.27. The van der Waals surface area contributed by atoms with Crippen molar-refractivity contribution in [3.63, 3.8) is 0 Å². The molecule has 1 aliphatic rings. The number of urea groups is 1. The molecule has 32 heavy (non-hydrogen) atoms. The monoisotopic (exact) mass is 427 g/mol. The molecule has 0 unspecified atom stereocenters. The summed E-state index contributed by atoms with van der Waals surface area (Å²) >= 11 is 0. The molecule has 1 saturated heterocycles. The number of aryl methyl sites for hydroxylation is 3. The van der Waals surface area contributed by atoms with Crippen LogP contribution in [0.4, 0.5) is 16.2 Å². The van der Waals surface area contributed by atoms with Crippen LogP contribution in [0.3, 0.4) is 0 Å². The molecule has 0 radical (unpaired) electrons. The van der Waals surface area contributed by atoms with Gasteiger partial charge in [-0.1, -0.05) is 35.9 Å². The Morgan fingerprint density at radius 2 is 1.56 bits per heavy atom. The summed E-state index contributed by atoms with van der Waals surface area (Å²) in [4.78, 5) is 29.4. The number of hydrogen-bond acceptors (Lipinski definition) is 2. The lowest BCUT2D eigenvalue weighted by atomic mass is 9.99. The van der Waals surface area contributed by atoms with Crippen molar-refractivity contribution < 1.29 is 9.59 Å². The van der Waals surface area contributed by atoms with Gasteiger partial charge >= 0.3 is 6.03 Å². The number of anilines is 2. The summed E-state index contributed by atoms with van der Waals surface area (Å²) in [6.07, 6.45) is 0.919. The first kappa shape index (κ1) is 21.6. The number of nitrogens with zero attached hydrogens (tertiary/aromatic N) is 2. The van der Waals surface area contributed by atoms with Gasteiger partial charge in [0, 0.05) is 36.6 Å². The van der Waals surface area contributed by atoms with Gasteiger partial charge in [-0.25, -0.2) is 4.79 Å². The predicted octanol–water partition coefficient (Wildman–Crippen LogP) is 5.70. The third-order valence-corrected chi connectivity index (χ3v) is 5.97. The van der Waals surface area contributed by atoms with Crippen molar-refractivity contribution in [2.75, 3.05) is 23.3 Å². The second-order valence-electron chi connectivity index (χ2n) is 8.45. The average Bonchev–Trinajstić information content (AvgIpc) is 2.78. The van der Waals surface area contributed by atoms with Gasteiger partial charge in [0.15, 0.2) is 0 Å². The van der Waals surface area contributed by atoms with Crippen LogP contribution < -0.4 is 10.2 Å². The molecule has 4 rings (SSSR count). The quantitative estimate of drug-likeness (QED) is 0.568. The van der Waals surface area contributed by atoms with Gasteiger partial charge in [-0.05, 0) is 80.3 Å². The van der Waals surface area contributed by atoms with Crippen LogP contribution in [0, 0.1) is 20.8 Å². The summed E-state index contributed by atoms with van der Waals surface area (Å²) in [6.45, 7) is 8.40. The van der Waals surface area contributed by atoms with Gasteiger partial charge < -0.3 is 10.2 Å². The molecule has 0 aliphatic carbocycles. The molecule has 5 heteroatoms. The smallest absolute Gasteiger partial charge is 0.322 e. The van der Waals surface area contributed by atoms with Crippen molar-refractivity contribution in [2.24, 2.45) is 0 Å². The highest BCUT2D eigenvalue weighted by Crippen LogP contribution is 2.25. The number of nitrogens with one attached hydrogen (secondary N) is 1. The summed E-state index contributed by atoms with van der Waals surface area (Å²) in [5, 5.41) is 2.91. The van der Waals surface area contributed by atoms with Crippen LogP contribution in [0.1, 0.15) is 39.0 Å². The molecule has 0 aromatic heterocycles. The van der Waals surface area contributed by atoms with E-state index >= 15 is 0 Å². The Hall–Kier alpha value is -3.60. The lowest BCUT2D eigenvalue weighted by Crippen LogP contribution is -2.49. The molecule has 0 bridgehead atoms. The summed E-state index contributed by atoms with van der Waals surface area (Å²) < 4.78 is 0. The molecule has 5 nitrogen and oxygen atoms in total. The Labute approximate surface area is 189 Å². The van der Waals surface area contributed by atoms with Crippen LogP contribution in [0.2, 0.25) is 0 Å². The number of amides is 3. The fraction of sp³-hybridized carbons (Fsp3) is 0.259. The van der Waals surface area contributed by atoms with Crippen molar-refractivity contribution in [2.45, 2.75) is 33.7 Å². The maximum absolute atomic E-state index is 13.2. The Balaban J connectivity index is 1.45. The third kappa shape index (κ3) is 4.67. The van der Waals surface area contributed by atoms with Gasteiger partial charge in [0.2, 0.25) is 0 Å². The Morgan fingerprint density at radius 1 is 0.906 bits per heavy atom. The first-order valence-corrected chi connectivity index (χ1v) is 11.0. The van der Waals surface area contributed by atoms with Gasteiger partial charge in [0.05, 0.1) is 0 Å². The number of benzene rings is 3. The Bertz CT molecular complexity index is 1100. The van der Waals surface area contributed by atoms with Crippen LogP contribution in [0.5, 0.6) is 0 Å². The first-order chi connectivity index (χ1) is 15.4. The van der Waals surface area contributed by atoms with E-state index in [0.717, 1.165) is 18.7 Å². The molecule has 0 atom stereocenters. The number of hydrogen-bond donors (Lipinski definition) is 1. The Morgan fingerprint density at radius 3 is 2.22 bits per heavy atom. The summed E-state index contributed by atoms with van der Waals surface area (Å²) in [7, 11) is 0. The van der Waals surface area contributed by atoms with Gasteiger partial charge in [-0.15, -0.1) is 0 Å². The van der Waals surface area contributed by atoms with Crippen LogP contribution in [-0.4, -0.2) is 29.9 Å². The minimum Gasteiger partial charge on any atom is -0.322 e. The lowest BCUT2D eigenvalue weighted by molar-refractivity contribution is 0.102. The molecule has 1 fully saturated rings. The maximum Gasteiger partial charge on any atom is 0.324 e. The van der Waals surface area contributed by atoms with Gasteiger partial charge in [0.1, 0.15) is 0 Å². The van der Waals surface area contributed by atoms with Crippen LogP contribution in [0.15, 0.2) is 66.7 Å². The van der Waals surface area contributed by atoms with E-state index in [1.54, 1.807) is 12.1 Å². The van der Waals surface area contributed by atoms with Crippen molar-refractivity contribution >= 4 is 23.3 Å². The molecular formula is C27H29N3O2. The minimum atomic E-state index is -0.151. The second kappa shape index (κ2) is 9.27. The largest absolute Gasteiger partial charge is 0.324 e. The highest BCUT2D eigenvalue weighted by molar-refractivity contribution is 6.04. The zero-order chi connectivity index (χ0) is 22.7. The van der Waals surface area contributed by atoms with Crippen LogP contribution in [-0.2, 0) is 6.54 Å². The molecule has 3 aromatic carbocycles.